The highest BCUT2D eigenvalue weighted by molar-refractivity contribution is 9.13. The molecule has 0 fully saturated rings. The molecule has 21 heavy (non-hydrogen) atoms. The van der Waals surface area contributed by atoms with Gasteiger partial charge < -0.3 is 5.11 Å². The Labute approximate surface area is 142 Å². The molecule has 2 heterocycles. The Balaban J connectivity index is 2.39. The molecule has 0 saturated carbocycles. The molecule has 0 spiro atoms. The zero-order chi connectivity index (χ0) is 15.6. The maximum Gasteiger partial charge on any atom is 0.311 e. The first-order valence-electron chi connectivity index (χ1n) is 6.38. The highest BCUT2D eigenvalue weighted by atomic mass is 79.9. The summed E-state index contributed by atoms with van der Waals surface area (Å²) in [4.78, 5) is 12.5. The van der Waals surface area contributed by atoms with Crippen molar-refractivity contribution in [2.24, 2.45) is 5.41 Å². The van der Waals surface area contributed by atoms with Gasteiger partial charge in [0.05, 0.1) is 20.6 Å². The van der Waals surface area contributed by atoms with Gasteiger partial charge in [-0.25, -0.2) is 4.68 Å². The largest absolute Gasteiger partial charge is 0.481 e. The molecule has 9 heteroatoms. The molecule has 0 aliphatic carbocycles. The van der Waals surface area contributed by atoms with Gasteiger partial charge in [0.25, 0.3) is 0 Å². The predicted molar refractivity (Wildman–Crippen MR) is 87.2 cm³/mol. The van der Waals surface area contributed by atoms with Gasteiger partial charge in [0.1, 0.15) is 0 Å². The third-order valence-corrected chi connectivity index (χ3v) is 6.91. The number of thiophene rings is 1. The number of rotatable bonds is 6. The van der Waals surface area contributed by atoms with Gasteiger partial charge in [0.15, 0.2) is 5.82 Å². The first-order chi connectivity index (χ1) is 9.93. The summed E-state index contributed by atoms with van der Waals surface area (Å²) in [6.07, 6.45) is 1.05. The maximum absolute atomic E-state index is 11.6. The van der Waals surface area contributed by atoms with Crippen LogP contribution in [0.3, 0.4) is 0 Å². The fourth-order valence-corrected chi connectivity index (χ4v) is 4.10. The van der Waals surface area contributed by atoms with Gasteiger partial charge >= 0.3 is 5.97 Å². The minimum Gasteiger partial charge on any atom is -0.481 e. The van der Waals surface area contributed by atoms with E-state index in [4.69, 9.17) is 0 Å². The average molecular weight is 438 g/mol. The van der Waals surface area contributed by atoms with E-state index in [-0.39, 0.29) is 6.54 Å². The van der Waals surface area contributed by atoms with Crippen LogP contribution in [0.25, 0.3) is 10.7 Å². The van der Waals surface area contributed by atoms with Crippen LogP contribution in [0.15, 0.2) is 14.3 Å². The Hall–Kier alpha value is -0.800. The molecule has 0 aromatic carbocycles. The van der Waals surface area contributed by atoms with Gasteiger partial charge in [-0.3, -0.25) is 4.79 Å². The zero-order valence-electron chi connectivity index (χ0n) is 11.5. The lowest BCUT2D eigenvalue weighted by Crippen LogP contribution is -2.35. The van der Waals surface area contributed by atoms with Crippen LogP contribution in [0.5, 0.6) is 0 Å². The van der Waals surface area contributed by atoms with Crippen LogP contribution in [-0.2, 0) is 11.3 Å². The van der Waals surface area contributed by atoms with Crippen molar-refractivity contribution in [3.8, 4) is 10.7 Å². The van der Waals surface area contributed by atoms with E-state index in [9.17, 15) is 9.90 Å². The number of halogens is 2. The molecule has 0 bridgehead atoms. The second-order valence-corrected chi connectivity index (χ2v) is 7.91. The molecular weight excluding hydrogens is 424 g/mol. The standard InChI is InChI=1S/C12H14Br2N4O2S/c1-3-12(4-2,11(19)20)6-18-10(15-16-17-18)8-5-7(13)9(14)21-8/h5H,3-4,6H2,1-2H3,(H,19,20). The Morgan fingerprint density at radius 1 is 1.43 bits per heavy atom. The van der Waals surface area contributed by atoms with E-state index in [1.807, 2.05) is 19.9 Å². The summed E-state index contributed by atoms with van der Waals surface area (Å²) in [7, 11) is 0. The minimum atomic E-state index is -0.851. The molecule has 114 valence electrons. The lowest BCUT2D eigenvalue weighted by atomic mass is 9.82. The van der Waals surface area contributed by atoms with E-state index < -0.39 is 11.4 Å². The first kappa shape index (κ1) is 16.6. The van der Waals surface area contributed by atoms with Crippen LogP contribution in [0.2, 0.25) is 0 Å². The van der Waals surface area contributed by atoms with E-state index >= 15 is 0 Å². The van der Waals surface area contributed by atoms with E-state index in [2.05, 4.69) is 47.4 Å². The van der Waals surface area contributed by atoms with Crippen molar-refractivity contribution in [2.45, 2.75) is 33.2 Å². The lowest BCUT2D eigenvalue weighted by molar-refractivity contribution is -0.150. The smallest absolute Gasteiger partial charge is 0.311 e. The summed E-state index contributed by atoms with van der Waals surface area (Å²) < 4.78 is 3.45. The number of hydrogen-bond donors (Lipinski definition) is 1. The Morgan fingerprint density at radius 2 is 2.10 bits per heavy atom. The topological polar surface area (TPSA) is 80.9 Å². The summed E-state index contributed by atoms with van der Waals surface area (Å²) in [5, 5.41) is 21.2. The van der Waals surface area contributed by atoms with Gasteiger partial charge in [0, 0.05) is 4.47 Å². The number of aliphatic carboxylic acids is 1. The quantitative estimate of drug-likeness (QED) is 0.742. The van der Waals surface area contributed by atoms with Crippen molar-refractivity contribution >= 4 is 49.2 Å². The first-order valence-corrected chi connectivity index (χ1v) is 8.78. The second kappa shape index (κ2) is 6.53. The highest BCUT2D eigenvalue weighted by Crippen LogP contribution is 2.38. The predicted octanol–water partition coefficient (Wildman–Crippen LogP) is 3.82. The van der Waals surface area contributed by atoms with Crippen molar-refractivity contribution in [1.29, 1.82) is 0 Å². The molecule has 0 radical (unpaired) electrons. The molecule has 0 amide bonds. The monoisotopic (exact) mass is 436 g/mol. The Kier molecular flexibility index (Phi) is 5.15. The summed E-state index contributed by atoms with van der Waals surface area (Å²) in [5.41, 5.74) is -0.851. The number of tetrazole rings is 1. The number of nitrogens with zero attached hydrogens (tertiary/aromatic N) is 4. The number of carbonyl (C=O) groups is 1. The van der Waals surface area contributed by atoms with Gasteiger partial charge in [-0.15, -0.1) is 16.4 Å². The van der Waals surface area contributed by atoms with Crippen LogP contribution in [0.1, 0.15) is 26.7 Å². The number of aromatic nitrogens is 4. The zero-order valence-corrected chi connectivity index (χ0v) is 15.5. The number of carboxylic acids is 1. The van der Waals surface area contributed by atoms with Crippen LogP contribution in [0.4, 0.5) is 0 Å². The molecule has 6 nitrogen and oxygen atoms in total. The molecule has 1 N–H and O–H groups in total. The molecule has 0 saturated heterocycles. The second-order valence-electron chi connectivity index (χ2n) is 4.69. The third kappa shape index (κ3) is 3.19. The van der Waals surface area contributed by atoms with Gasteiger partial charge in [-0.05, 0) is 61.2 Å². The van der Waals surface area contributed by atoms with Crippen molar-refractivity contribution in [1.82, 2.24) is 20.2 Å². The molecule has 2 aromatic heterocycles. The molecule has 0 aliphatic heterocycles. The summed E-state index contributed by atoms with van der Waals surface area (Å²) >= 11 is 8.36. The Bertz CT molecular complexity index is 632. The molecule has 2 aromatic rings. The number of hydrogen-bond acceptors (Lipinski definition) is 5. The van der Waals surface area contributed by atoms with Crippen LogP contribution in [0, 0.1) is 5.41 Å². The highest BCUT2D eigenvalue weighted by Gasteiger charge is 2.36. The van der Waals surface area contributed by atoms with Crippen LogP contribution in [-0.4, -0.2) is 31.3 Å². The van der Waals surface area contributed by atoms with E-state index in [1.165, 1.54) is 11.3 Å². The molecule has 0 unspecified atom stereocenters. The molecular formula is C12H14Br2N4O2S. The van der Waals surface area contributed by atoms with Crippen molar-refractivity contribution in [2.75, 3.05) is 0 Å². The third-order valence-electron chi connectivity index (χ3n) is 3.66. The van der Waals surface area contributed by atoms with Gasteiger partial charge in [-0.1, -0.05) is 13.8 Å². The average Bonchev–Trinajstić information content (AvgIpc) is 3.03. The summed E-state index contributed by atoms with van der Waals surface area (Å²) in [6.45, 7) is 4.00. The van der Waals surface area contributed by atoms with Crippen LogP contribution < -0.4 is 0 Å². The van der Waals surface area contributed by atoms with E-state index in [0.717, 1.165) is 13.1 Å². The molecule has 0 atom stereocenters. The summed E-state index contributed by atoms with van der Waals surface area (Å²) in [6, 6.07) is 1.91. The van der Waals surface area contributed by atoms with Crippen molar-refractivity contribution < 1.29 is 9.90 Å². The number of carboxylic acid groups (broad SMARTS) is 1. The molecule has 0 aliphatic rings. The van der Waals surface area contributed by atoms with Crippen molar-refractivity contribution in [3.63, 3.8) is 0 Å². The molecule has 2 rings (SSSR count). The van der Waals surface area contributed by atoms with Gasteiger partial charge in [0.2, 0.25) is 0 Å². The fraction of sp³-hybridized carbons (Fsp3) is 0.500. The van der Waals surface area contributed by atoms with E-state index in [0.29, 0.717) is 18.7 Å². The van der Waals surface area contributed by atoms with Crippen LogP contribution >= 0.6 is 43.2 Å². The van der Waals surface area contributed by atoms with E-state index in [1.54, 1.807) is 4.68 Å². The summed E-state index contributed by atoms with van der Waals surface area (Å²) in [5.74, 6) is -0.235. The maximum atomic E-state index is 11.6. The Morgan fingerprint density at radius 3 is 2.57 bits per heavy atom. The SMILES string of the molecule is CCC(CC)(Cn1nnnc1-c1cc(Br)c(Br)s1)C(=O)O. The van der Waals surface area contributed by atoms with Gasteiger partial charge in [-0.2, -0.15) is 0 Å². The fourth-order valence-electron chi connectivity index (χ4n) is 2.07. The normalized spacial score (nSPS) is 11.8. The van der Waals surface area contributed by atoms with Crippen molar-refractivity contribution in [3.05, 3.63) is 14.3 Å². The lowest BCUT2D eigenvalue weighted by Gasteiger charge is -2.26. The minimum absolute atomic E-state index is 0.255.